The van der Waals surface area contributed by atoms with Crippen LogP contribution in [0.3, 0.4) is 0 Å². The molecule has 0 aromatic heterocycles. The van der Waals surface area contributed by atoms with E-state index in [4.69, 9.17) is 0 Å². The van der Waals surface area contributed by atoms with Crippen molar-refractivity contribution in [2.24, 2.45) is 5.92 Å². The zero-order valence-corrected chi connectivity index (χ0v) is 7.17. The van der Waals surface area contributed by atoms with Crippen LogP contribution in [0.1, 0.15) is 19.3 Å². The number of hydrogen-bond acceptors (Lipinski definition) is 2. The Balaban J connectivity index is 2.08. The Labute approximate surface area is 67.3 Å². The molecule has 1 rings (SSSR count). The Morgan fingerprint density at radius 1 is 1.64 bits per heavy atom. The second kappa shape index (κ2) is 3.60. The summed E-state index contributed by atoms with van der Waals surface area (Å²) >= 11 is 0. The third-order valence-corrected chi connectivity index (χ3v) is 2.06. The van der Waals surface area contributed by atoms with Crippen LogP contribution in [0.2, 0.25) is 0 Å². The van der Waals surface area contributed by atoms with Crippen molar-refractivity contribution in [2.75, 3.05) is 20.7 Å². The maximum Gasteiger partial charge on any atom is 0.409 e. The Bertz CT molecular complexity index is 143. The molecule has 0 heterocycles. The predicted octanol–water partition coefficient (Wildman–Crippen LogP) is 1.48. The van der Waals surface area contributed by atoms with E-state index in [1.807, 2.05) is 0 Å². The van der Waals surface area contributed by atoms with E-state index in [1.54, 1.807) is 11.9 Å². The van der Waals surface area contributed by atoms with E-state index < -0.39 is 0 Å². The molecule has 3 heteroatoms. The maximum absolute atomic E-state index is 10.8. The standard InChI is InChI=1S/C8H15NO2/c1-9(8(10)11-2)6-5-7-3-4-7/h7H,3-6H2,1-2H3. The number of carbonyl (C=O) groups is 1. The van der Waals surface area contributed by atoms with Crippen molar-refractivity contribution >= 4 is 6.09 Å². The van der Waals surface area contributed by atoms with Gasteiger partial charge in [-0.1, -0.05) is 12.8 Å². The van der Waals surface area contributed by atoms with Crippen molar-refractivity contribution in [3.05, 3.63) is 0 Å². The molecule has 0 aliphatic heterocycles. The van der Waals surface area contributed by atoms with Gasteiger partial charge >= 0.3 is 6.09 Å². The van der Waals surface area contributed by atoms with Crippen LogP contribution in [0.5, 0.6) is 0 Å². The molecular weight excluding hydrogens is 142 g/mol. The Morgan fingerprint density at radius 3 is 2.73 bits per heavy atom. The molecule has 0 atom stereocenters. The van der Waals surface area contributed by atoms with Gasteiger partial charge in [0.2, 0.25) is 0 Å². The summed E-state index contributed by atoms with van der Waals surface area (Å²) in [6, 6.07) is 0. The van der Waals surface area contributed by atoms with Crippen LogP contribution in [0.4, 0.5) is 4.79 Å². The molecular formula is C8H15NO2. The smallest absolute Gasteiger partial charge is 0.409 e. The summed E-state index contributed by atoms with van der Waals surface area (Å²) in [4.78, 5) is 12.5. The highest BCUT2D eigenvalue weighted by Crippen LogP contribution is 2.32. The first kappa shape index (κ1) is 8.37. The van der Waals surface area contributed by atoms with Gasteiger partial charge in [0.15, 0.2) is 0 Å². The normalized spacial score (nSPS) is 16.2. The second-order valence-corrected chi connectivity index (χ2v) is 3.12. The predicted molar refractivity (Wildman–Crippen MR) is 42.4 cm³/mol. The van der Waals surface area contributed by atoms with Gasteiger partial charge in [0, 0.05) is 13.6 Å². The number of methoxy groups -OCH3 is 1. The second-order valence-electron chi connectivity index (χ2n) is 3.12. The third kappa shape index (κ3) is 2.78. The number of nitrogens with zero attached hydrogens (tertiary/aromatic N) is 1. The first-order valence-electron chi connectivity index (χ1n) is 4.03. The van der Waals surface area contributed by atoms with Crippen LogP contribution < -0.4 is 0 Å². The topological polar surface area (TPSA) is 29.5 Å². The SMILES string of the molecule is COC(=O)N(C)CCC1CC1. The molecule has 1 aliphatic carbocycles. The van der Waals surface area contributed by atoms with Gasteiger partial charge in [-0.25, -0.2) is 4.79 Å². The Hall–Kier alpha value is -0.730. The first-order valence-corrected chi connectivity index (χ1v) is 4.03. The zero-order valence-electron chi connectivity index (χ0n) is 7.17. The van der Waals surface area contributed by atoms with Crippen molar-refractivity contribution in [3.8, 4) is 0 Å². The molecule has 0 aromatic rings. The minimum atomic E-state index is -0.231. The van der Waals surface area contributed by atoms with Gasteiger partial charge < -0.3 is 9.64 Å². The van der Waals surface area contributed by atoms with E-state index in [9.17, 15) is 4.79 Å². The van der Waals surface area contributed by atoms with E-state index in [-0.39, 0.29) is 6.09 Å². The van der Waals surface area contributed by atoms with E-state index in [1.165, 1.54) is 20.0 Å². The van der Waals surface area contributed by atoms with Gasteiger partial charge in [0.1, 0.15) is 0 Å². The summed E-state index contributed by atoms with van der Waals surface area (Å²) in [5.74, 6) is 0.877. The molecule has 64 valence electrons. The molecule has 11 heavy (non-hydrogen) atoms. The molecule has 1 aliphatic rings. The summed E-state index contributed by atoms with van der Waals surface area (Å²) in [7, 11) is 3.18. The molecule has 0 bridgehead atoms. The summed E-state index contributed by atoms with van der Waals surface area (Å²) in [6.07, 6.45) is 3.58. The number of hydrogen-bond donors (Lipinski definition) is 0. The van der Waals surface area contributed by atoms with Gasteiger partial charge in [-0.3, -0.25) is 0 Å². The van der Waals surface area contributed by atoms with E-state index in [0.717, 1.165) is 18.9 Å². The molecule has 0 aromatic carbocycles. The van der Waals surface area contributed by atoms with E-state index >= 15 is 0 Å². The zero-order chi connectivity index (χ0) is 8.27. The van der Waals surface area contributed by atoms with Crippen LogP contribution in [-0.4, -0.2) is 31.7 Å². The fourth-order valence-corrected chi connectivity index (χ4v) is 1.03. The van der Waals surface area contributed by atoms with Gasteiger partial charge in [-0.2, -0.15) is 0 Å². The highest BCUT2D eigenvalue weighted by molar-refractivity contribution is 5.66. The minimum absolute atomic E-state index is 0.231. The maximum atomic E-state index is 10.8. The summed E-state index contributed by atoms with van der Waals surface area (Å²) < 4.78 is 4.55. The Morgan fingerprint density at radius 2 is 2.27 bits per heavy atom. The molecule has 1 saturated carbocycles. The quantitative estimate of drug-likeness (QED) is 0.621. The number of amides is 1. The van der Waals surface area contributed by atoms with Crippen LogP contribution in [0, 0.1) is 5.92 Å². The van der Waals surface area contributed by atoms with Crippen LogP contribution in [-0.2, 0) is 4.74 Å². The van der Waals surface area contributed by atoms with Crippen LogP contribution in [0.15, 0.2) is 0 Å². The number of carbonyl (C=O) groups excluding carboxylic acids is 1. The van der Waals surface area contributed by atoms with Gasteiger partial charge in [0.25, 0.3) is 0 Å². The number of rotatable bonds is 3. The summed E-state index contributed by atoms with van der Waals surface area (Å²) in [5, 5.41) is 0. The fourth-order valence-electron chi connectivity index (χ4n) is 1.03. The molecule has 3 nitrogen and oxygen atoms in total. The van der Waals surface area contributed by atoms with Crippen molar-refractivity contribution in [1.29, 1.82) is 0 Å². The van der Waals surface area contributed by atoms with Crippen LogP contribution in [0.25, 0.3) is 0 Å². The Kier molecular flexibility index (Phi) is 2.74. The van der Waals surface area contributed by atoms with Gasteiger partial charge in [-0.15, -0.1) is 0 Å². The van der Waals surface area contributed by atoms with Gasteiger partial charge in [0.05, 0.1) is 7.11 Å². The molecule has 0 unspecified atom stereocenters. The monoisotopic (exact) mass is 157 g/mol. The molecule has 0 radical (unpaired) electrons. The molecule has 1 fully saturated rings. The highest BCUT2D eigenvalue weighted by Gasteiger charge is 2.22. The van der Waals surface area contributed by atoms with Gasteiger partial charge in [-0.05, 0) is 12.3 Å². The lowest BCUT2D eigenvalue weighted by Crippen LogP contribution is -2.27. The fraction of sp³-hybridized carbons (Fsp3) is 0.875. The van der Waals surface area contributed by atoms with Crippen molar-refractivity contribution in [3.63, 3.8) is 0 Å². The lowest BCUT2D eigenvalue weighted by Gasteiger charge is -2.14. The third-order valence-electron chi connectivity index (χ3n) is 2.06. The van der Waals surface area contributed by atoms with Crippen molar-refractivity contribution < 1.29 is 9.53 Å². The number of ether oxygens (including phenoxy) is 1. The molecule has 0 saturated heterocycles. The summed E-state index contributed by atoms with van der Waals surface area (Å²) in [6.45, 7) is 0.831. The lowest BCUT2D eigenvalue weighted by atomic mass is 10.3. The first-order chi connectivity index (χ1) is 5.24. The highest BCUT2D eigenvalue weighted by atomic mass is 16.5. The van der Waals surface area contributed by atoms with Crippen molar-refractivity contribution in [1.82, 2.24) is 4.90 Å². The summed E-state index contributed by atoms with van der Waals surface area (Å²) in [5.41, 5.74) is 0. The minimum Gasteiger partial charge on any atom is -0.453 e. The average molecular weight is 157 g/mol. The van der Waals surface area contributed by atoms with Crippen molar-refractivity contribution in [2.45, 2.75) is 19.3 Å². The molecule has 0 spiro atoms. The van der Waals surface area contributed by atoms with E-state index in [2.05, 4.69) is 4.74 Å². The van der Waals surface area contributed by atoms with E-state index in [0.29, 0.717) is 0 Å². The molecule has 0 N–H and O–H groups in total. The largest absolute Gasteiger partial charge is 0.453 e. The lowest BCUT2D eigenvalue weighted by molar-refractivity contribution is 0.132. The average Bonchev–Trinajstić information content (AvgIpc) is 2.81. The molecule has 1 amide bonds. The van der Waals surface area contributed by atoms with Crippen LogP contribution >= 0.6 is 0 Å².